The third-order valence-corrected chi connectivity index (χ3v) is 4.42. The monoisotopic (exact) mass is 307 g/mol. The summed E-state index contributed by atoms with van der Waals surface area (Å²) in [5.41, 5.74) is 0. The lowest BCUT2D eigenvalue weighted by Gasteiger charge is -2.12. The van der Waals surface area contributed by atoms with E-state index in [4.69, 9.17) is 11.6 Å². The van der Waals surface area contributed by atoms with Crippen molar-refractivity contribution in [3.63, 3.8) is 0 Å². The zero-order valence-corrected chi connectivity index (χ0v) is 13.4. The fourth-order valence-corrected chi connectivity index (χ4v) is 3.41. The highest BCUT2D eigenvalue weighted by atomic mass is 35.5. The Bertz CT molecular complexity index is 511. The van der Waals surface area contributed by atoms with Gasteiger partial charge in [0, 0.05) is 24.7 Å². The van der Waals surface area contributed by atoms with Crippen LogP contribution in [0.4, 0.5) is 0 Å². The first-order valence-electron chi connectivity index (χ1n) is 6.43. The SMILES string of the molecule is CCn1cc(S(=O)(=O)NCC(Cl)CC(C)C)nc1C. The zero-order valence-electron chi connectivity index (χ0n) is 11.9. The minimum Gasteiger partial charge on any atom is -0.334 e. The molecular formula is C12H22ClN3O2S. The number of nitrogens with one attached hydrogen (secondary N) is 1. The van der Waals surface area contributed by atoms with Gasteiger partial charge < -0.3 is 4.57 Å². The van der Waals surface area contributed by atoms with Crippen molar-refractivity contribution in [2.24, 2.45) is 5.92 Å². The van der Waals surface area contributed by atoms with Crippen molar-refractivity contribution in [2.75, 3.05) is 6.54 Å². The van der Waals surface area contributed by atoms with E-state index in [0.29, 0.717) is 18.3 Å². The van der Waals surface area contributed by atoms with Crippen LogP contribution in [0.2, 0.25) is 0 Å². The van der Waals surface area contributed by atoms with Gasteiger partial charge in [0.05, 0.1) is 0 Å². The van der Waals surface area contributed by atoms with E-state index in [1.165, 1.54) is 0 Å². The largest absolute Gasteiger partial charge is 0.334 e. The van der Waals surface area contributed by atoms with E-state index < -0.39 is 10.0 Å². The van der Waals surface area contributed by atoms with E-state index in [0.717, 1.165) is 6.42 Å². The summed E-state index contributed by atoms with van der Waals surface area (Å²) in [6, 6.07) is 0. The van der Waals surface area contributed by atoms with Crippen molar-refractivity contribution in [3.05, 3.63) is 12.0 Å². The summed E-state index contributed by atoms with van der Waals surface area (Å²) in [4.78, 5) is 4.06. The Balaban J connectivity index is 2.70. The van der Waals surface area contributed by atoms with Gasteiger partial charge in [-0.2, -0.15) is 0 Å². The number of sulfonamides is 1. The number of aromatic nitrogens is 2. The first-order chi connectivity index (χ1) is 8.76. The number of imidazole rings is 1. The van der Waals surface area contributed by atoms with Gasteiger partial charge >= 0.3 is 0 Å². The molecule has 0 radical (unpaired) electrons. The quantitative estimate of drug-likeness (QED) is 0.785. The van der Waals surface area contributed by atoms with Gasteiger partial charge in [-0.05, 0) is 26.2 Å². The fourth-order valence-electron chi connectivity index (χ4n) is 1.80. The second kappa shape index (κ2) is 6.72. The van der Waals surface area contributed by atoms with E-state index >= 15 is 0 Å². The van der Waals surface area contributed by atoms with Gasteiger partial charge in [-0.3, -0.25) is 0 Å². The van der Waals surface area contributed by atoms with Crippen LogP contribution in [0.25, 0.3) is 0 Å². The van der Waals surface area contributed by atoms with Crippen molar-refractivity contribution < 1.29 is 8.42 Å². The molecule has 0 saturated heterocycles. The van der Waals surface area contributed by atoms with Gasteiger partial charge in [-0.15, -0.1) is 11.6 Å². The Morgan fingerprint density at radius 1 is 1.47 bits per heavy atom. The molecule has 110 valence electrons. The van der Waals surface area contributed by atoms with Crippen molar-refractivity contribution in [3.8, 4) is 0 Å². The van der Waals surface area contributed by atoms with Crippen molar-refractivity contribution >= 4 is 21.6 Å². The summed E-state index contributed by atoms with van der Waals surface area (Å²) >= 11 is 6.08. The summed E-state index contributed by atoms with van der Waals surface area (Å²) in [5.74, 6) is 1.13. The molecule has 0 spiro atoms. The summed E-state index contributed by atoms with van der Waals surface area (Å²) in [6.07, 6.45) is 2.32. The molecule has 1 aromatic rings. The number of aryl methyl sites for hydroxylation is 2. The average molecular weight is 308 g/mol. The molecule has 1 N–H and O–H groups in total. The number of rotatable bonds is 7. The van der Waals surface area contributed by atoms with E-state index in [1.807, 2.05) is 6.92 Å². The van der Waals surface area contributed by atoms with Crippen LogP contribution in [0.3, 0.4) is 0 Å². The average Bonchev–Trinajstić information content (AvgIpc) is 2.68. The van der Waals surface area contributed by atoms with E-state index in [2.05, 4.69) is 23.6 Å². The van der Waals surface area contributed by atoms with E-state index in [1.54, 1.807) is 17.7 Å². The highest BCUT2D eigenvalue weighted by Crippen LogP contribution is 2.12. The molecule has 7 heteroatoms. The molecule has 0 aromatic carbocycles. The first kappa shape index (κ1) is 16.5. The van der Waals surface area contributed by atoms with Crippen LogP contribution < -0.4 is 4.72 Å². The second-order valence-corrected chi connectivity index (χ2v) is 7.32. The van der Waals surface area contributed by atoms with Crippen LogP contribution >= 0.6 is 11.6 Å². The Labute approximate surface area is 120 Å². The number of halogens is 1. The Kier molecular flexibility index (Phi) is 5.82. The molecule has 0 aliphatic carbocycles. The molecule has 1 aromatic heterocycles. The molecule has 5 nitrogen and oxygen atoms in total. The lowest BCUT2D eigenvalue weighted by atomic mass is 10.1. The minimum atomic E-state index is -3.57. The molecular weight excluding hydrogens is 286 g/mol. The Morgan fingerprint density at radius 3 is 2.58 bits per heavy atom. The Morgan fingerprint density at radius 2 is 2.11 bits per heavy atom. The minimum absolute atomic E-state index is 0.0558. The highest BCUT2D eigenvalue weighted by Gasteiger charge is 2.20. The molecule has 0 aliphatic heterocycles. The van der Waals surface area contributed by atoms with Crippen molar-refractivity contribution in [1.82, 2.24) is 14.3 Å². The first-order valence-corrected chi connectivity index (χ1v) is 8.35. The summed E-state index contributed by atoms with van der Waals surface area (Å²) in [5, 5.41) is -0.149. The fraction of sp³-hybridized carbons (Fsp3) is 0.750. The molecule has 0 fully saturated rings. The standard InChI is InChI=1S/C12H22ClN3O2S/c1-5-16-8-12(15-10(16)4)19(17,18)14-7-11(13)6-9(2)3/h8-9,11,14H,5-7H2,1-4H3. The molecule has 0 aliphatic rings. The summed E-state index contributed by atoms with van der Waals surface area (Å²) < 4.78 is 28.4. The third-order valence-electron chi connectivity index (χ3n) is 2.79. The van der Waals surface area contributed by atoms with Crippen molar-refractivity contribution in [2.45, 2.75) is 51.1 Å². The zero-order chi connectivity index (χ0) is 14.6. The number of nitrogens with zero attached hydrogens (tertiary/aromatic N) is 2. The topological polar surface area (TPSA) is 64.0 Å². The molecule has 19 heavy (non-hydrogen) atoms. The smallest absolute Gasteiger partial charge is 0.259 e. The van der Waals surface area contributed by atoms with Gasteiger partial charge in [0.25, 0.3) is 10.0 Å². The molecule has 0 amide bonds. The molecule has 1 heterocycles. The molecule has 1 rings (SSSR count). The number of hydrogen-bond donors (Lipinski definition) is 1. The van der Waals surface area contributed by atoms with Crippen LogP contribution in [-0.4, -0.2) is 29.9 Å². The number of hydrogen-bond acceptors (Lipinski definition) is 3. The van der Waals surface area contributed by atoms with Crippen LogP contribution in [-0.2, 0) is 16.6 Å². The number of alkyl halides is 1. The van der Waals surface area contributed by atoms with Crippen LogP contribution in [0.15, 0.2) is 11.2 Å². The molecule has 0 saturated carbocycles. The maximum Gasteiger partial charge on any atom is 0.259 e. The van der Waals surface area contributed by atoms with Crippen LogP contribution in [0.5, 0.6) is 0 Å². The summed E-state index contributed by atoms with van der Waals surface area (Å²) in [6.45, 7) is 8.74. The van der Waals surface area contributed by atoms with Crippen molar-refractivity contribution in [1.29, 1.82) is 0 Å². The lowest BCUT2D eigenvalue weighted by Crippen LogP contribution is -2.30. The van der Waals surface area contributed by atoms with Crippen LogP contribution in [0, 0.1) is 12.8 Å². The van der Waals surface area contributed by atoms with Gasteiger partial charge in [0.2, 0.25) is 0 Å². The van der Waals surface area contributed by atoms with Gasteiger partial charge in [0.1, 0.15) is 5.82 Å². The highest BCUT2D eigenvalue weighted by molar-refractivity contribution is 7.89. The van der Waals surface area contributed by atoms with E-state index in [9.17, 15) is 8.42 Å². The molecule has 0 bridgehead atoms. The predicted octanol–water partition coefficient (Wildman–Crippen LogP) is 2.14. The maximum atomic E-state index is 12.1. The third kappa shape index (κ3) is 4.78. The second-order valence-electron chi connectivity index (χ2n) is 4.99. The summed E-state index contributed by atoms with van der Waals surface area (Å²) in [7, 11) is -3.57. The van der Waals surface area contributed by atoms with Crippen LogP contribution in [0.1, 0.15) is 33.0 Å². The normalized spacial score (nSPS) is 14.0. The maximum absolute atomic E-state index is 12.1. The van der Waals surface area contributed by atoms with E-state index in [-0.39, 0.29) is 16.9 Å². The molecule has 1 atom stereocenters. The molecule has 1 unspecified atom stereocenters. The predicted molar refractivity (Wildman–Crippen MR) is 76.9 cm³/mol. The van der Waals surface area contributed by atoms with Gasteiger partial charge in [-0.1, -0.05) is 13.8 Å². The van der Waals surface area contributed by atoms with Gasteiger partial charge in [0.15, 0.2) is 5.03 Å². The van der Waals surface area contributed by atoms with Gasteiger partial charge in [-0.25, -0.2) is 18.1 Å². The lowest BCUT2D eigenvalue weighted by molar-refractivity contribution is 0.543. The Hall–Kier alpha value is -0.590.